The molecule has 0 radical (unpaired) electrons. The van der Waals surface area contributed by atoms with E-state index in [1.165, 1.54) is 53.5 Å². The van der Waals surface area contributed by atoms with Gasteiger partial charge in [0.25, 0.3) is 0 Å². The molecule has 1 heteroatoms. The van der Waals surface area contributed by atoms with Crippen molar-refractivity contribution in [3.8, 4) is 11.1 Å². The van der Waals surface area contributed by atoms with E-state index in [-0.39, 0.29) is 5.78 Å². The number of hydrogen-bond acceptors (Lipinski definition) is 1. The van der Waals surface area contributed by atoms with E-state index in [1.807, 2.05) is 0 Å². The molecule has 21 heavy (non-hydrogen) atoms. The van der Waals surface area contributed by atoms with Crippen LogP contribution < -0.4 is 0 Å². The van der Waals surface area contributed by atoms with Gasteiger partial charge < -0.3 is 4.79 Å². The van der Waals surface area contributed by atoms with Crippen molar-refractivity contribution < 1.29 is 4.79 Å². The summed E-state index contributed by atoms with van der Waals surface area (Å²) >= 11 is 0. The van der Waals surface area contributed by atoms with Gasteiger partial charge >= 0.3 is 0 Å². The molecule has 1 aliphatic carbocycles. The summed E-state index contributed by atoms with van der Waals surface area (Å²) in [5.74, 6) is 0.258. The number of hydrogen-bond donors (Lipinski definition) is 0. The van der Waals surface area contributed by atoms with Gasteiger partial charge in [-0.15, -0.1) is 0 Å². The Hall–Kier alpha value is -1.89. The highest BCUT2D eigenvalue weighted by molar-refractivity contribution is 5.75. The van der Waals surface area contributed by atoms with Crippen LogP contribution >= 0.6 is 0 Å². The zero-order chi connectivity index (χ0) is 14.7. The fraction of sp³-hybridized carbons (Fsp3) is 0.350. The van der Waals surface area contributed by atoms with Crippen molar-refractivity contribution in [2.24, 2.45) is 0 Å². The zero-order valence-electron chi connectivity index (χ0n) is 12.7. The molecule has 2 aromatic carbocycles. The summed E-state index contributed by atoms with van der Waals surface area (Å²) in [5.41, 5.74) is 6.89. The Morgan fingerprint density at radius 1 is 0.905 bits per heavy atom. The molecule has 0 aliphatic heterocycles. The molecule has 3 rings (SSSR count). The second-order valence-electron chi connectivity index (χ2n) is 6.09. The number of carbonyl (C=O) groups excluding carboxylic acids is 1. The summed E-state index contributed by atoms with van der Waals surface area (Å²) < 4.78 is 0. The van der Waals surface area contributed by atoms with Crippen molar-refractivity contribution in [1.82, 2.24) is 0 Å². The van der Waals surface area contributed by atoms with Crippen molar-refractivity contribution in [2.75, 3.05) is 0 Å². The van der Waals surface area contributed by atoms with Gasteiger partial charge in [-0.05, 0) is 66.8 Å². The monoisotopic (exact) mass is 278 g/mol. The van der Waals surface area contributed by atoms with E-state index < -0.39 is 0 Å². The van der Waals surface area contributed by atoms with Gasteiger partial charge in [0.2, 0.25) is 0 Å². The first-order chi connectivity index (χ1) is 10.2. The van der Waals surface area contributed by atoms with E-state index in [9.17, 15) is 4.79 Å². The molecule has 0 unspecified atom stereocenters. The van der Waals surface area contributed by atoms with Crippen LogP contribution in [0.3, 0.4) is 0 Å². The fourth-order valence-corrected chi connectivity index (χ4v) is 3.10. The zero-order valence-corrected chi connectivity index (χ0v) is 12.7. The van der Waals surface area contributed by atoms with E-state index in [0.29, 0.717) is 6.42 Å². The van der Waals surface area contributed by atoms with Gasteiger partial charge in [0.1, 0.15) is 5.78 Å². The van der Waals surface area contributed by atoms with Gasteiger partial charge in [-0.3, -0.25) is 0 Å². The van der Waals surface area contributed by atoms with Crippen molar-refractivity contribution in [1.29, 1.82) is 0 Å². The van der Waals surface area contributed by atoms with Crippen LogP contribution in [0.25, 0.3) is 11.1 Å². The topological polar surface area (TPSA) is 17.1 Å². The van der Waals surface area contributed by atoms with E-state index in [1.54, 1.807) is 6.92 Å². The lowest BCUT2D eigenvalue weighted by Gasteiger charge is -2.16. The lowest BCUT2D eigenvalue weighted by Crippen LogP contribution is -2.02. The van der Waals surface area contributed by atoms with Gasteiger partial charge in [0.05, 0.1) is 0 Å². The first kappa shape index (κ1) is 14.1. The average molecular weight is 278 g/mol. The molecule has 0 saturated heterocycles. The molecular weight excluding hydrogens is 256 g/mol. The predicted octanol–water partition coefficient (Wildman–Crippen LogP) is 4.75. The molecule has 0 N–H and O–H groups in total. The Kier molecular flexibility index (Phi) is 4.19. The highest BCUT2D eigenvalue weighted by Crippen LogP contribution is 2.27. The van der Waals surface area contributed by atoms with Crippen molar-refractivity contribution in [2.45, 2.75) is 45.4 Å². The minimum atomic E-state index is 0.258. The second kappa shape index (κ2) is 6.26. The molecule has 2 aromatic rings. The second-order valence-corrected chi connectivity index (χ2v) is 6.09. The van der Waals surface area contributed by atoms with E-state index in [2.05, 4.69) is 42.5 Å². The van der Waals surface area contributed by atoms with E-state index >= 15 is 0 Å². The molecule has 0 atom stereocenters. The van der Waals surface area contributed by atoms with Crippen LogP contribution in [-0.2, 0) is 24.1 Å². The molecule has 0 heterocycles. The van der Waals surface area contributed by atoms with Crippen LogP contribution in [0.5, 0.6) is 0 Å². The number of carbonyl (C=O) groups is 1. The number of aryl methyl sites for hydroxylation is 3. The first-order valence-corrected chi connectivity index (χ1v) is 7.93. The maximum absolute atomic E-state index is 11.0. The SMILES string of the molecule is CC(=O)CCc1ccc(-c2ccc3c(c2)CCCC3)cc1. The number of ketones is 1. The molecule has 108 valence electrons. The number of rotatable bonds is 4. The summed E-state index contributed by atoms with van der Waals surface area (Å²) in [5, 5.41) is 0. The fourth-order valence-electron chi connectivity index (χ4n) is 3.10. The highest BCUT2D eigenvalue weighted by Gasteiger charge is 2.10. The van der Waals surface area contributed by atoms with Gasteiger partial charge in [0.15, 0.2) is 0 Å². The van der Waals surface area contributed by atoms with Gasteiger partial charge in [-0.25, -0.2) is 0 Å². The third-order valence-corrected chi connectivity index (χ3v) is 4.40. The summed E-state index contributed by atoms with van der Waals surface area (Å²) in [6.45, 7) is 1.65. The largest absolute Gasteiger partial charge is 0.300 e. The molecular formula is C20H22O. The van der Waals surface area contributed by atoms with E-state index in [4.69, 9.17) is 0 Å². The Morgan fingerprint density at radius 3 is 2.29 bits per heavy atom. The summed E-state index contributed by atoms with van der Waals surface area (Å²) in [6, 6.07) is 15.6. The van der Waals surface area contributed by atoms with Crippen LogP contribution in [-0.4, -0.2) is 5.78 Å². The van der Waals surface area contributed by atoms with Crippen LogP contribution in [0.15, 0.2) is 42.5 Å². The van der Waals surface area contributed by atoms with Gasteiger partial charge in [0, 0.05) is 6.42 Å². The molecule has 0 saturated carbocycles. The predicted molar refractivity (Wildman–Crippen MR) is 87.5 cm³/mol. The minimum Gasteiger partial charge on any atom is -0.300 e. The summed E-state index contributed by atoms with van der Waals surface area (Å²) in [6.07, 6.45) is 6.59. The maximum atomic E-state index is 11.0. The van der Waals surface area contributed by atoms with Gasteiger partial charge in [-0.1, -0.05) is 42.5 Å². The van der Waals surface area contributed by atoms with Crippen molar-refractivity contribution >= 4 is 5.78 Å². The number of Topliss-reactive ketones (excluding diaryl/α,β-unsaturated/α-hetero) is 1. The third kappa shape index (κ3) is 3.41. The van der Waals surface area contributed by atoms with Crippen molar-refractivity contribution in [3.63, 3.8) is 0 Å². The Labute approximate surface area is 127 Å². The summed E-state index contributed by atoms with van der Waals surface area (Å²) in [7, 11) is 0. The smallest absolute Gasteiger partial charge is 0.130 e. The van der Waals surface area contributed by atoms with Crippen molar-refractivity contribution in [3.05, 3.63) is 59.2 Å². The van der Waals surface area contributed by atoms with Crippen LogP contribution in [0.1, 0.15) is 42.9 Å². The molecule has 0 spiro atoms. The van der Waals surface area contributed by atoms with Crippen LogP contribution in [0, 0.1) is 0 Å². The highest BCUT2D eigenvalue weighted by atomic mass is 16.1. The first-order valence-electron chi connectivity index (χ1n) is 7.93. The van der Waals surface area contributed by atoms with Gasteiger partial charge in [-0.2, -0.15) is 0 Å². The molecule has 0 amide bonds. The average Bonchev–Trinajstić information content (AvgIpc) is 2.53. The lowest BCUT2D eigenvalue weighted by molar-refractivity contribution is -0.116. The Morgan fingerprint density at radius 2 is 1.57 bits per heavy atom. The third-order valence-electron chi connectivity index (χ3n) is 4.40. The number of benzene rings is 2. The Bertz CT molecular complexity index is 637. The lowest BCUT2D eigenvalue weighted by atomic mass is 9.89. The normalized spacial score (nSPS) is 13.8. The van der Waals surface area contributed by atoms with Crippen LogP contribution in [0.4, 0.5) is 0 Å². The summed E-state index contributed by atoms with van der Waals surface area (Å²) in [4.78, 5) is 11.0. The molecule has 1 aliphatic rings. The standard InChI is InChI=1S/C20H22O/c1-15(21)6-7-16-8-10-18(11-9-16)20-13-12-17-4-2-3-5-19(17)14-20/h8-14H,2-7H2,1H3. The molecule has 0 fully saturated rings. The maximum Gasteiger partial charge on any atom is 0.130 e. The minimum absolute atomic E-state index is 0.258. The molecule has 0 bridgehead atoms. The molecule has 1 nitrogen and oxygen atoms in total. The number of fused-ring (bicyclic) bond motifs is 1. The quantitative estimate of drug-likeness (QED) is 0.788. The van der Waals surface area contributed by atoms with Crippen LogP contribution in [0.2, 0.25) is 0 Å². The Balaban J connectivity index is 1.79. The molecule has 0 aromatic heterocycles. The van der Waals surface area contributed by atoms with E-state index in [0.717, 1.165) is 6.42 Å².